The minimum atomic E-state index is -0.793. The number of hydrogen-bond acceptors (Lipinski definition) is 5. The third-order valence-electron chi connectivity index (χ3n) is 9.07. The molecule has 2 saturated carbocycles. The summed E-state index contributed by atoms with van der Waals surface area (Å²) < 4.78 is 2.33. The van der Waals surface area contributed by atoms with Crippen molar-refractivity contribution in [1.82, 2.24) is 14.7 Å². The molecule has 8 atom stereocenters. The number of carboxylic acids is 2. The molecule has 12 heteroatoms. The molecular weight excluding hydrogens is 610 g/mol. The van der Waals surface area contributed by atoms with E-state index in [9.17, 15) is 19.8 Å². The van der Waals surface area contributed by atoms with Gasteiger partial charge in [0.05, 0.1) is 46.7 Å². The van der Waals surface area contributed by atoms with E-state index < -0.39 is 11.9 Å². The topological polar surface area (TPSA) is 87.3 Å². The zero-order valence-corrected chi connectivity index (χ0v) is 26.9. The maximum absolute atomic E-state index is 11.3. The van der Waals surface area contributed by atoms with Gasteiger partial charge >= 0.3 is 11.9 Å². The van der Waals surface area contributed by atoms with Crippen LogP contribution in [0.1, 0.15) is 65.2 Å². The number of aliphatic carboxylic acids is 2. The van der Waals surface area contributed by atoms with Crippen LogP contribution >= 0.6 is 46.4 Å². The number of hydrogen-bond donors (Lipinski definition) is 2. The Bertz CT molecular complexity index is 1060. The van der Waals surface area contributed by atoms with Gasteiger partial charge in [0.15, 0.2) is 0 Å². The van der Waals surface area contributed by atoms with Crippen LogP contribution in [0, 0.1) is 0 Å². The number of allylic oxidation sites excluding steroid dienone is 2. The third-order valence-corrected chi connectivity index (χ3v) is 11.3. The van der Waals surface area contributed by atoms with Gasteiger partial charge in [-0.2, -0.15) is 0 Å². The highest BCUT2D eigenvalue weighted by Crippen LogP contribution is 2.42. The smallest absolute Gasteiger partial charge is 0.303 e. The van der Waals surface area contributed by atoms with E-state index in [2.05, 4.69) is 51.4 Å². The second-order valence-corrected chi connectivity index (χ2v) is 13.7. The molecule has 8 unspecified atom stereocenters. The fourth-order valence-electron chi connectivity index (χ4n) is 7.25. The van der Waals surface area contributed by atoms with Gasteiger partial charge in [-0.05, 0) is 45.6 Å². The van der Waals surface area contributed by atoms with Crippen molar-refractivity contribution in [3.8, 4) is 0 Å². The number of alkyl halides is 4. The Morgan fingerprint density at radius 1 is 0.805 bits per heavy atom. The molecule has 2 N–H and O–H groups in total. The molecule has 8 nitrogen and oxygen atoms in total. The quantitative estimate of drug-likeness (QED) is 0.227. The average molecular weight is 653 g/mol. The van der Waals surface area contributed by atoms with Gasteiger partial charge in [-0.15, -0.1) is 46.4 Å². The minimum absolute atomic E-state index is 0.103. The molecule has 0 aromatic carbocycles. The molecule has 4 aliphatic rings. The summed E-state index contributed by atoms with van der Waals surface area (Å²) in [6, 6.07) is 0.822. The van der Waals surface area contributed by atoms with E-state index in [1.807, 2.05) is 0 Å². The summed E-state index contributed by atoms with van der Waals surface area (Å²) in [6.45, 7) is 7.16. The highest BCUT2D eigenvalue weighted by molar-refractivity contribution is 6.30. The Kier molecular flexibility index (Phi) is 11.4. The van der Waals surface area contributed by atoms with Crippen molar-refractivity contribution in [2.75, 3.05) is 26.2 Å². The molecule has 2 heterocycles. The second-order valence-electron chi connectivity index (χ2n) is 11.5. The van der Waals surface area contributed by atoms with Gasteiger partial charge in [0.2, 0.25) is 0 Å². The van der Waals surface area contributed by atoms with Crippen LogP contribution in [0.25, 0.3) is 0 Å². The molecule has 2 aliphatic heterocycles. The van der Waals surface area contributed by atoms with Crippen LogP contribution in [0.15, 0.2) is 24.0 Å². The molecule has 1 saturated heterocycles. The summed E-state index contributed by atoms with van der Waals surface area (Å²) in [5.74, 6) is 0.547. The maximum Gasteiger partial charge on any atom is 0.303 e. The lowest BCUT2D eigenvalue weighted by atomic mass is 9.89. The van der Waals surface area contributed by atoms with Gasteiger partial charge < -0.3 is 20.0 Å². The molecule has 0 aromatic heterocycles. The summed E-state index contributed by atoms with van der Waals surface area (Å²) in [4.78, 5) is 29.6. The van der Waals surface area contributed by atoms with Gasteiger partial charge in [0.25, 0.3) is 5.84 Å². The summed E-state index contributed by atoms with van der Waals surface area (Å²) in [5, 5.41) is 18.1. The zero-order valence-electron chi connectivity index (χ0n) is 23.8. The third kappa shape index (κ3) is 7.25. The molecule has 0 bridgehead atoms. The predicted molar refractivity (Wildman–Crippen MR) is 165 cm³/mol. The highest BCUT2D eigenvalue weighted by Gasteiger charge is 2.51. The Morgan fingerprint density at radius 3 is 1.93 bits per heavy atom. The number of halogens is 4. The monoisotopic (exact) mass is 651 g/mol. The van der Waals surface area contributed by atoms with Crippen molar-refractivity contribution in [3.63, 3.8) is 0 Å². The lowest BCUT2D eigenvalue weighted by molar-refractivity contribution is -0.561. The molecule has 230 valence electrons. The normalized spacial score (nSPS) is 34.6. The summed E-state index contributed by atoms with van der Waals surface area (Å²) >= 11 is 26.5. The van der Waals surface area contributed by atoms with E-state index in [-0.39, 0.29) is 58.5 Å². The van der Waals surface area contributed by atoms with Gasteiger partial charge in [-0.25, -0.2) is 0 Å². The summed E-state index contributed by atoms with van der Waals surface area (Å²) in [5.41, 5.74) is 0. The average Bonchev–Trinajstić information content (AvgIpc) is 3.34. The molecule has 2 aliphatic carbocycles. The largest absolute Gasteiger partial charge is 0.481 e. The van der Waals surface area contributed by atoms with Gasteiger partial charge in [-0.1, -0.05) is 6.08 Å². The van der Waals surface area contributed by atoms with Crippen LogP contribution < -0.4 is 0 Å². The number of carboxylic acid groups (broad SMARTS) is 2. The summed E-state index contributed by atoms with van der Waals surface area (Å²) in [7, 11) is 0. The predicted octanol–water partition coefficient (Wildman–Crippen LogP) is 4.99. The molecule has 0 radical (unpaired) electrons. The first-order valence-electron chi connectivity index (χ1n) is 14.9. The van der Waals surface area contributed by atoms with Gasteiger partial charge in [0.1, 0.15) is 17.9 Å². The lowest BCUT2D eigenvalue weighted by Gasteiger charge is -2.37. The van der Waals surface area contributed by atoms with Crippen LogP contribution in [0.3, 0.4) is 0 Å². The van der Waals surface area contributed by atoms with E-state index in [1.54, 1.807) is 0 Å². The second kappa shape index (κ2) is 14.4. The van der Waals surface area contributed by atoms with E-state index in [1.165, 1.54) is 0 Å². The molecule has 4 rings (SSSR count). The van der Waals surface area contributed by atoms with Crippen molar-refractivity contribution >= 4 is 64.2 Å². The fraction of sp³-hybridized carbons (Fsp3) is 0.759. The summed E-state index contributed by atoms with van der Waals surface area (Å²) in [6.07, 6.45) is 10.7. The maximum atomic E-state index is 11.3. The first kappa shape index (κ1) is 32.6. The lowest BCUT2D eigenvalue weighted by Crippen LogP contribution is -2.48. The van der Waals surface area contributed by atoms with E-state index in [4.69, 9.17) is 46.4 Å². The van der Waals surface area contributed by atoms with Crippen molar-refractivity contribution < 1.29 is 24.4 Å². The number of fused-ring (bicyclic) bond motifs is 2. The van der Waals surface area contributed by atoms with Crippen LogP contribution in [0.5, 0.6) is 0 Å². The van der Waals surface area contributed by atoms with E-state index >= 15 is 0 Å². The molecule has 41 heavy (non-hydrogen) atoms. The van der Waals surface area contributed by atoms with Crippen LogP contribution in [-0.4, -0.2) is 119 Å². The Morgan fingerprint density at radius 2 is 1.34 bits per heavy atom. The highest BCUT2D eigenvalue weighted by atomic mass is 35.5. The number of carbonyl (C=O) groups is 2. The first-order chi connectivity index (χ1) is 19.6. The number of nitrogens with zero attached hydrogens (tertiary/aromatic N) is 4. The van der Waals surface area contributed by atoms with Crippen molar-refractivity contribution in [1.29, 1.82) is 0 Å². The standard InChI is InChI=1S/C29H42Cl4N4O4/c1-3-34-22-14-18(30)20(32)16-24(22)36(12-6-10-28(38)39)26(34)8-5-9-27-35(4-2)23-15-19(31)21(33)17-25(23)37(27)13-7-11-29(40)41/h5,8-9,18-25H,3-4,6-7,10-17H2,1-2H3,(H-,38,39,40,41)/p+1. The van der Waals surface area contributed by atoms with Crippen LogP contribution in [0.4, 0.5) is 0 Å². The molecule has 0 spiro atoms. The first-order valence-corrected chi connectivity index (χ1v) is 16.6. The van der Waals surface area contributed by atoms with Crippen molar-refractivity contribution in [2.24, 2.45) is 0 Å². The Labute approximate surface area is 263 Å². The van der Waals surface area contributed by atoms with E-state index in [0.29, 0.717) is 25.9 Å². The van der Waals surface area contributed by atoms with Crippen LogP contribution in [-0.2, 0) is 9.59 Å². The van der Waals surface area contributed by atoms with Gasteiger partial charge in [-0.3, -0.25) is 19.1 Å². The molecule has 3 fully saturated rings. The van der Waals surface area contributed by atoms with Gasteiger partial charge in [0, 0.05) is 44.8 Å². The Hall–Kier alpha value is -1.35. The SMILES string of the molecule is CCN1C(=CC=CC2=[N+](CCCC(=O)O)C3CC(Cl)C(Cl)CC3N2CC)N(CCCC(=O)O)C2CC(Cl)C(Cl)CC21. The van der Waals surface area contributed by atoms with Crippen LogP contribution in [0.2, 0.25) is 0 Å². The van der Waals surface area contributed by atoms with E-state index in [0.717, 1.165) is 50.4 Å². The minimum Gasteiger partial charge on any atom is -0.481 e. The van der Waals surface area contributed by atoms with Crippen molar-refractivity contribution in [3.05, 3.63) is 24.0 Å². The fourth-order valence-corrected chi connectivity index (χ4v) is 8.39. The Balaban J connectivity index is 1.66. The molecular formula is C29H43Cl4N4O4+. The number of likely N-dealkylation sites (N-methyl/N-ethyl adjacent to an activating group) is 2. The number of amidine groups is 1. The zero-order chi connectivity index (χ0) is 29.8. The van der Waals surface area contributed by atoms with Crippen molar-refractivity contribution in [2.45, 2.75) is 111 Å². The molecule has 0 aromatic rings. The molecule has 0 amide bonds. The number of rotatable bonds is 12.